The normalized spacial score (nSPS) is 15.7. The SMILES string of the molecule is O=C(O)c1ccc(CN2CCN(c3ncccn3)CC2)cc1. The highest BCUT2D eigenvalue weighted by Crippen LogP contribution is 2.13. The molecular weight excluding hydrogens is 280 g/mol. The smallest absolute Gasteiger partial charge is 0.335 e. The van der Waals surface area contributed by atoms with E-state index in [1.165, 1.54) is 0 Å². The Labute approximate surface area is 129 Å². The lowest BCUT2D eigenvalue weighted by Gasteiger charge is -2.34. The van der Waals surface area contributed by atoms with Crippen LogP contribution in [0.15, 0.2) is 42.7 Å². The van der Waals surface area contributed by atoms with E-state index in [2.05, 4.69) is 19.8 Å². The zero-order valence-electron chi connectivity index (χ0n) is 12.2. The van der Waals surface area contributed by atoms with Gasteiger partial charge in [0.1, 0.15) is 0 Å². The molecule has 6 heteroatoms. The molecule has 0 amide bonds. The van der Waals surface area contributed by atoms with Crippen molar-refractivity contribution in [1.29, 1.82) is 0 Å². The number of carbonyl (C=O) groups is 1. The standard InChI is InChI=1S/C16H18N4O2/c21-15(22)14-4-2-13(3-5-14)12-19-8-10-20(11-9-19)16-17-6-1-7-18-16/h1-7H,8-12H2,(H,21,22). The molecule has 0 spiro atoms. The van der Waals surface area contributed by atoms with Gasteiger partial charge in [-0.3, -0.25) is 4.90 Å². The molecule has 0 aliphatic carbocycles. The monoisotopic (exact) mass is 298 g/mol. The summed E-state index contributed by atoms with van der Waals surface area (Å²) in [5.74, 6) is -0.101. The van der Waals surface area contributed by atoms with Crippen molar-refractivity contribution in [3.63, 3.8) is 0 Å². The van der Waals surface area contributed by atoms with E-state index >= 15 is 0 Å². The summed E-state index contributed by atoms with van der Waals surface area (Å²) < 4.78 is 0. The first kappa shape index (κ1) is 14.5. The van der Waals surface area contributed by atoms with E-state index in [4.69, 9.17) is 5.11 Å². The number of carboxylic acid groups (broad SMARTS) is 1. The Morgan fingerprint density at radius 1 is 1.05 bits per heavy atom. The van der Waals surface area contributed by atoms with Crippen LogP contribution in [-0.2, 0) is 6.54 Å². The van der Waals surface area contributed by atoms with Crippen molar-refractivity contribution < 1.29 is 9.90 Å². The molecule has 22 heavy (non-hydrogen) atoms. The van der Waals surface area contributed by atoms with E-state index in [9.17, 15) is 4.79 Å². The summed E-state index contributed by atoms with van der Waals surface area (Å²) in [5.41, 5.74) is 1.46. The number of carboxylic acids is 1. The summed E-state index contributed by atoms with van der Waals surface area (Å²) in [6, 6.07) is 8.91. The summed E-state index contributed by atoms with van der Waals surface area (Å²) >= 11 is 0. The predicted molar refractivity (Wildman–Crippen MR) is 82.9 cm³/mol. The first-order chi connectivity index (χ1) is 10.7. The maximum absolute atomic E-state index is 10.8. The van der Waals surface area contributed by atoms with E-state index in [-0.39, 0.29) is 0 Å². The van der Waals surface area contributed by atoms with Crippen LogP contribution in [0.5, 0.6) is 0 Å². The highest BCUT2D eigenvalue weighted by atomic mass is 16.4. The van der Waals surface area contributed by atoms with Crippen LogP contribution in [0.25, 0.3) is 0 Å². The second kappa shape index (κ2) is 6.53. The highest BCUT2D eigenvalue weighted by Gasteiger charge is 2.18. The number of anilines is 1. The molecule has 0 saturated carbocycles. The Morgan fingerprint density at radius 2 is 1.68 bits per heavy atom. The molecule has 6 nitrogen and oxygen atoms in total. The summed E-state index contributed by atoms with van der Waals surface area (Å²) in [4.78, 5) is 23.9. The summed E-state index contributed by atoms with van der Waals surface area (Å²) in [7, 11) is 0. The third-order valence-corrected chi connectivity index (χ3v) is 3.81. The van der Waals surface area contributed by atoms with E-state index in [0.717, 1.165) is 44.2 Å². The minimum atomic E-state index is -0.886. The molecule has 2 heterocycles. The topological polar surface area (TPSA) is 69.6 Å². The zero-order chi connectivity index (χ0) is 15.4. The van der Waals surface area contributed by atoms with Crippen LogP contribution < -0.4 is 4.90 Å². The summed E-state index contributed by atoms with van der Waals surface area (Å²) in [5, 5.41) is 8.91. The molecular formula is C16H18N4O2. The van der Waals surface area contributed by atoms with Crippen LogP contribution in [0.1, 0.15) is 15.9 Å². The zero-order valence-corrected chi connectivity index (χ0v) is 12.2. The maximum Gasteiger partial charge on any atom is 0.335 e. The van der Waals surface area contributed by atoms with E-state index in [0.29, 0.717) is 5.56 Å². The molecule has 1 fully saturated rings. The molecule has 1 N–H and O–H groups in total. The van der Waals surface area contributed by atoms with Gasteiger partial charge in [-0.15, -0.1) is 0 Å². The van der Waals surface area contributed by atoms with Crippen molar-refractivity contribution in [2.45, 2.75) is 6.54 Å². The van der Waals surface area contributed by atoms with Crippen molar-refractivity contribution in [3.8, 4) is 0 Å². The molecule has 1 saturated heterocycles. The van der Waals surface area contributed by atoms with Crippen molar-refractivity contribution in [2.75, 3.05) is 31.1 Å². The lowest BCUT2D eigenvalue weighted by molar-refractivity contribution is 0.0697. The lowest BCUT2D eigenvalue weighted by Crippen LogP contribution is -2.46. The van der Waals surface area contributed by atoms with Gasteiger partial charge < -0.3 is 10.0 Å². The van der Waals surface area contributed by atoms with E-state index < -0.39 is 5.97 Å². The van der Waals surface area contributed by atoms with Gasteiger partial charge in [0.05, 0.1) is 5.56 Å². The molecule has 0 unspecified atom stereocenters. The number of aromatic nitrogens is 2. The first-order valence-electron chi connectivity index (χ1n) is 7.29. The second-order valence-electron chi connectivity index (χ2n) is 5.31. The summed E-state index contributed by atoms with van der Waals surface area (Å²) in [6.07, 6.45) is 3.53. The lowest BCUT2D eigenvalue weighted by atomic mass is 10.1. The number of hydrogen-bond acceptors (Lipinski definition) is 5. The van der Waals surface area contributed by atoms with Crippen molar-refractivity contribution >= 4 is 11.9 Å². The number of rotatable bonds is 4. The third kappa shape index (κ3) is 3.40. The maximum atomic E-state index is 10.8. The molecule has 0 bridgehead atoms. The molecule has 1 aromatic carbocycles. The molecule has 0 atom stereocenters. The fourth-order valence-corrected chi connectivity index (χ4v) is 2.57. The number of hydrogen-bond donors (Lipinski definition) is 1. The van der Waals surface area contributed by atoms with Crippen molar-refractivity contribution in [3.05, 3.63) is 53.9 Å². The van der Waals surface area contributed by atoms with Gasteiger partial charge in [-0.1, -0.05) is 12.1 Å². The number of piperazine rings is 1. The number of benzene rings is 1. The number of aromatic carboxylic acids is 1. The van der Waals surface area contributed by atoms with Gasteiger partial charge >= 0.3 is 5.97 Å². The van der Waals surface area contributed by atoms with Gasteiger partial charge in [-0.2, -0.15) is 0 Å². The molecule has 0 radical (unpaired) electrons. The van der Waals surface area contributed by atoms with E-state index in [1.54, 1.807) is 24.5 Å². The summed E-state index contributed by atoms with van der Waals surface area (Å²) in [6.45, 7) is 4.52. The van der Waals surface area contributed by atoms with Gasteiger partial charge in [0.2, 0.25) is 5.95 Å². The Kier molecular flexibility index (Phi) is 4.29. The van der Waals surface area contributed by atoms with Gasteiger partial charge in [0.15, 0.2) is 0 Å². The van der Waals surface area contributed by atoms with Crippen LogP contribution in [0.3, 0.4) is 0 Å². The number of nitrogens with zero attached hydrogens (tertiary/aromatic N) is 4. The average Bonchev–Trinajstić information content (AvgIpc) is 2.57. The largest absolute Gasteiger partial charge is 0.478 e. The minimum Gasteiger partial charge on any atom is -0.478 e. The fourth-order valence-electron chi connectivity index (χ4n) is 2.57. The van der Waals surface area contributed by atoms with Crippen LogP contribution in [0.2, 0.25) is 0 Å². The highest BCUT2D eigenvalue weighted by molar-refractivity contribution is 5.87. The molecule has 1 aliphatic heterocycles. The molecule has 1 aromatic heterocycles. The Hall–Kier alpha value is -2.47. The molecule has 114 valence electrons. The average molecular weight is 298 g/mol. The molecule has 3 rings (SSSR count). The van der Waals surface area contributed by atoms with Crippen LogP contribution in [0, 0.1) is 0 Å². The third-order valence-electron chi connectivity index (χ3n) is 3.81. The van der Waals surface area contributed by atoms with Crippen LogP contribution in [0.4, 0.5) is 5.95 Å². The predicted octanol–water partition coefficient (Wildman–Crippen LogP) is 1.50. The second-order valence-corrected chi connectivity index (χ2v) is 5.31. The Morgan fingerprint density at radius 3 is 2.27 bits per heavy atom. The molecule has 2 aromatic rings. The Balaban J connectivity index is 1.54. The molecule has 1 aliphatic rings. The van der Waals surface area contributed by atoms with Gasteiger partial charge in [-0.25, -0.2) is 14.8 Å². The first-order valence-corrected chi connectivity index (χ1v) is 7.29. The fraction of sp³-hybridized carbons (Fsp3) is 0.312. The Bertz CT molecular complexity index is 622. The van der Waals surface area contributed by atoms with Crippen molar-refractivity contribution in [1.82, 2.24) is 14.9 Å². The van der Waals surface area contributed by atoms with Crippen molar-refractivity contribution in [2.24, 2.45) is 0 Å². The van der Waals surface area contributed by atoms with E-state index in [1.807, 2.05) is 18.2 Å². The van der Waals surface area contributed by atoms with Crippen LogP contribution in [-0.4, -0.2) is 52.1 Å². The van der Waals surface area contributed by atoms with Gasteiger partial charge in [-0.05, 0) is 23.8 Å². The minimum absolute atomic E-state index is 0.329. The van der Waals surface area contributed by atoms with Gasteiger partial charge in [0.25, 0.3) is 0 Å². The van der Waals surface area contributed by atoms with Gasteiger partial charge in [0, 0.05) is 45.1 Å². The van der Waals surface area contributed by atoms with Crippen LogP contribution >= 0.6 is 0 Å². The quantitative estimate of drug-likeness (QED) is 0.922.